The standard InChI is InChI=1S/C14H21NO4/c1-14(2,9-12(15)13(16)18-4)19-11-7-5-10(17-3)6-8-11/h5-8,12H,9,15H2,1-4H3. The zero-order chi connectivity index (χ0) is 14.5. The second-order valence-corrected chi connectivity index (χ2v) is 4.87. The van der Waals surface area contributed by atoms with E-state index in [0.29, 0.717) is 12.2 Å². The zero-order valence-electron chi connectivity index (χ0n) is 11.8. The van der Waals surface area contributed by atoms with Gasteiger partial charge in [0.1, 0.15) is 23.1 Å². The van der Waals surface area contributed by atoms with Gasteiger partial charge in [-0.1, -0.05) is 0 Å². The van der Waals surface area contributed by atoms with Gasteiger partial charge in [-0.25, -0.2) is 0 Å². The fraction of sp³-hybridized carbons (Fsp3) is 0.500. The normalized spacial score (nSPS) is 12.7. The van der Waals surface area contributed by atoms with Crippen LogP contribution in [-0.4, -0.2) is 31.8 Å². The molecule has 106 valence electrons. The zero-order valence-corrected chi connectivity index (χ0v) is 11.8. The molecule has 1 aromatic carbocycles. The number of esters is 1. The van der Waals surface area contributed by atoms with Gasteiger partial charge in [0.25, 0.3) is 0 Å². The van der Waals surface area contributed by atoms with Gasteiger partial charge in [0, 0.05) is 6.42 Å². The summed E-state index contributed by atoms with van der Waals surface area (Å²) < 4.78 is 15.5. The number of benzene rings is 1. The monoisotopic (exact) mass is 267 g/mol. The van der Waals surface area contributed by atoms with E-state index in [2.05, 4.69) is 4.74 Å². The fourth-order valence-corrected chi connectivity index (χ4v) is 1.77. The van der Waals surface area contributed by atoms with Crippen molar-refractivity contribution in [1.82, 2.24) is 0 Å². The molecule has 1 unspecified atom stereocenters. The molecule has 1 atom stereocenters. The van der Waals surface area contributed by atoms with Crippen LogP contribution in [0.1, 0.15) is 20.3 Å². The summed E-state index contributed by atoms with van der Waals surface area (Å²) in [5.74, 6) is 1.02. The van der Waals surface area contributed by atoms with Crippen molar-refractivity contribution in [2.75, 3.05) is 14.2 Å². The van der Waals surface area contributed by atoms with E-state index < -0.39 is 17.6 Å². The molecule has 0 amide bonds. The highest BCUT2D eigenvalue weighted by atomic mass is 16.5. The van der Waals surface area contributed by atoms with Crippen molar-refractivity contribution in [3.8, 4) is 11.5 Å². The molecule has 0 aliphatic carbocycles. The summed E-state index contributed by atoms with van der Waals surface area (Å²) in [7, 11) is 2.93. The highest BCUT2D eigenvalue weighted by Gasteiger charge is 2.27. The van der Waals surface area contributed by atoms with Crippen LogP contribution in [0.5, 0.6) is 11.5 Å². The lowest BCUT2D eigenvalue weighted by atomic mass is 9.99. The van der Waals surface area contributed by atoms with Gasteiger partial charge in [-0.05, 0) is 38.1 Å². The van der Waals surface area contributed by atoms with Crippen LogP contribution >= 0.6 is 0 Å². The maximum absolute atomic E-state index is 11.3. The molecule has 0 aliphatic heterocycles. The Balaban J connectivity index is 2.64. The lowest BCUT2D eigenvalue weighted by Gasteiger charge is -2.28. The maximum Gasteiger partial charge on any atom is 0.322 e. The Morgan fingerprint density at radius 2 is 1.74 bits per heavy atom. The minimum Gasteiger partial charge on any atom is -0.497 e. The Morgan fingerprint density at radius 1 is 1.21 bits per heavy atom. The number of hydrogen-bond acceptors (Lipinski definition) is 5. The third-order valence-corrected chi connectivity index (χ3v) is 2.67. The molecule has 0 radical (unpaired) electrons. The molecule has 1 rings (SSSR count). The third kappa shape index (κ3) is 4.79. The number of rotatable bonds is 6. The summed E-state index contributed by atoms with van der Waals surface area (Å²) in [5, 5.41) is 0. The van der Waals surface area contributed by atoms with E-state index in [1.807, 2.05) is 38.1 Å². The van der Waals surface area contributed by atoms with Crippen molar-refractivity contribution in [2.24, 2.45) is 5.73 Å². The van der Waals surface area contributed by atoms with Crippen molar-refractivity contribution in [3.05, 3.63) is 24.3 Å². The van der Waals surface area contributed by atoms with Crippen molar-refractivity contribution < 1.29 is 19.0 Å². The van der Waals surface area contributed by atoms with Gasteiger partial charge in [-0.2, -0.15) is 0 Å². The largest absolute Gasteiger partial charge is 0.497 e. The molecule has 0 bridgehead atoms. The molecule has 0 aliphatic rings. The minimum atomic E-state index is -0.696. The van der Waals surface area contributed by atoms with E-state index in [1.54, 1.807) is 7.11 Å². The molecule has 19 heavy (non-hydrogen) atoms. The third-order valence-electron chi connectivity index (χ3n) is 2.67. The second kappa shape index (κ2) is 6.43. The minimum absolute atomic E-state index is 0.367. The Hall–Kier alpha value is -1.75. The van der Waals surface area contributed by atoms with Gasteiger partial charge >= 0.3 is 5.97 Å². The maximum atomic E-state index is 11.3. The molecule has 1 aromatic rings. The summed E-state index contributed by atoms with van der Waals surface area (Å²) in [6, 6.07) is 6.55. The highest BCUT2D eigenvalue weighted by Crippen LogP contribution is 2.24. The highest BCUT2D eigenvalue weighted by molar-refractivity contribution is 5.75. The van der Waals surface area contributed by atoms with Crippen molar-refractivity contribution in [1.29, 1.82) is 0 Å². The van der Waals surface area contributed by atoms with Crippen molar-refractivity contribution in [3.63, 3.8) is 0 Å². The van der Waals surface area contributed by atoms with Gasteiger partial charge in [0.15, 0.2) is 0 Å². The smallest absolute Gasteiger partial charge is 0.322 e. The average Bonchev–Trinajstić information content (AvgIpc) is 2.37. The van der Waals surface area contributed by atoms with Crippen LogP contribution in [0.25, 0.3) is 0 Å². The van der Waals surface area contributed by atoms with Gasteiger partial charge in [-0.15, -0.1) is 0 Å². The molecule has 5 nitrogen and oxygen atoms in total. The van der Waals surface area contributed by atoms with Crippen molar-refractivity contribution >= 4 is 5.97 Å². The predicted molar refractivity (Wildman–Crippen MR) is 72.3 cm³/mol. The molecule has 0 fully saturated rings. The number of hydrogen-bond donors (Lipinski definition) is 1. The Bertz CT molecular complexity index is 414. The number of carbonyl (C=O) groups excluding carboxylic acids is 1. The lowest BCUT2D eigenvalue weighted by molar-refractivity contribution is -0.143. The van der Waals surface area contributed by atoms with E-state index in [1.165, 1.54) is 7.11 Å². The molecular formula is C14H21NO4. The van der Waals surface area contributed by atoms with Gasteiger partial charge in [0.05, 0.1) is 14.2 Å². The summed E-state index contributed by atoms with van der Waals surface area (Å²) in [5.41, 5.74) is 5.17. The first kappa shape index (κ1) is 15.3. The van der Waals surface area contributed by atoms with Gasteiger partial charge in [0.2, 0.25) is 0 Å². The topological polar surface area (TPSA) is 70.8 Å². The van der Waals surface area contributed by atoms with E-state index in [-0.39, 0.29) is 0 Å². The summed E-state index contributed by atoms with van der Waals surface area (Å²) in [6.45, 7) is 3.75. The number of ether oxygens (including phenoxy) is 3. The summed E-state index contributed by atoms with van der Waals surface area (Å²) in [4.78, 5) is 11.3. The SMILES string of the molecule is COC(=O)C(N)CC(C)(C)Oc1ccc(OC)cc1. The van der Waals surface area contributed by atoms with Crippen molar-refractivity contribution in [2.45, 2.75) is 31.9 Å². The quantitative estimate of drug-likeness (QED) is 0.795. The summed E-state index contributed by atoms with van der Waals surface area (Å²) >= 11 is 0. The molecule has 0 saturated heterocycles. The second-order valence-electron chi connectivity index (χ2n) is 4.87. The number of nitrogens with two attached hydrogens (primary N) is 1. The molecular weight excluding hydrogens is 246 g/mol. The Morgan fingerprint density at radius 3 is 2.21 bits per heavy atom. The first-order chi connectivity index (χ1) is 8.88. The van der Waals surface area contributed by atoms with Crippen LogP contribution in [0.2, 0.25) is 0 Å². The van der Waals surface area contributed by atoms with Crippen LogP contribution in [0.4, 0.5) is 0 Å². The average molecular weight is 267 g/mol. The van der Waals surface area contributed by atoms with Crippen LogP contribution in [0.15, 0.2) is 24.3 Å². The van der Waals surface area contributed by atoms with E-state index in [9.17, 15) is 4.79 Å². The number of carbonyl (C=O) groups is 1. The van der Waals surface area contributed by atoms with E-state index >= 15 is 0 Å². The molecule has 0 spiro atoms. The molecule has 0 heterocycles. The van der Waals surface area contributed by atoms with Gasteiger partial charge in [-0.3, -0.25) is 4.79 Å². The summed E-state index contributed by atoms with van der Waals surface area (Å²) in [6.07, 6.45) is 0.367. The lowest BCUT2D eigenvalue weighted by Crippen LogP contribution is -2.41. The van der Waals surface area contributed by atoms with E-state index in [0.717, 1.165) is 5.75 Å². The number of methoxy groups -OCH3 is 2. The van der Waals surface area contributed by atoms with Crippen LogP contribution in [0.3, 0.4) is 0 Å². The first-order valence-electron chi connectivity index (χ1n) is 6.04. The van der Waals surface area contributed by atoms with Gasteiger partial charge < -0.3 is 19.9 Å². The molecule has 2 N–H and O–H groups in total. The van der Waals surface area contributed by atoms with Crippen LogP contribution < -0.4 is 15.2 Å². The Labute approximate surface area is 113 Å². The van der Waals surface area contributed by atoms with E-state index in [4.69, 9.17) is 15.2 Å². The Kier molecular flexibility index (Phi) is 5.18. The first-order valence-corrected chi connectivity index (χ1v) is 6.04. The van der Waals surface area contributed by atoms with Crippen LogP contribution in [0, 0.1) is 0 Å². The molecule has 5 heteroatoms. The predicted octanol–water partition coefficient (Wildman–Crippen LogP) is 1.74. The molecule has 0 saturated carbocycles. The van der Waals surface area contributed by atoms with Crippen LogP contribution in [-0.2, 0) is 9.53 Å². The molecule has 0 aromatic heterocycles. The fourth-order valence-electron chi connectivity index (χ4n) is 1.77.